The number of thioether (sulfide) groups is 1. The number of nitrogens with zero attached hydrogens (tertiary/aromatic N) is 2. The Morgan fingerprint density at radius 1 is 1.38 bits per heavy atom. The number of aromatic nitrogens is 2. The Hall–Kier alpha value is -1.33. The molecule has 1 N–H and O–H groups in total. The van der Waals surface area contributed by atoms with Gasteiger partial charge in [0.2, 0.25) is 0 Å². The normalized spacial score (nSPS) is 12.7. The van der Waals surface area contributed by atoms with E-state index in [2.05, 4.69) is 18.8 Å². The van der Waals surface area contributed by atoms with Gasteiger partial charge in [-0.3, -0.25) is 9.36 Å². The number of aliphatic hydroxyl groups is 1. The molecule has 0 radical (unpaired) electrons. The van der Waals surface area contributed by atoms with Crippen molar-refractivity contribution < 1.29 is 5.11 Å². The third kappa shape index (κ3) is 3.86. The first-order chi connectivity index (χ1) is 10.2. The lowest BCUT2D eigenvalue weighted by molar-refractivity contribution is 0.276. The largest absolute Gasteiger partial charge is 0.396 e. The fourth-order valence-electron chi connectivity index (χ4n) is 2.31. The number of hydrogen-bond acceptors (Lipinski definition) is 4. The molecule has 1 heterocycles. The van der Waals surface area contributed by atoms with Crippen LogP contribution < -0.4 is 5.56 Å². The molecule has 1 aromatic carbocycles. The van der Waals surface area contributed by atoms with Crippen molar-refractivity contribution in [2.75, 3.05) is 6.61 Å². The van der Waals surface area contributed by atoms with E-state index in [1.165, 1.54) is 0 Å². The molecule has 0 amide bonds. The molecule has 21 heavy (non-hydrogen) atoms. The summed E-state index contributed by atoms with van der Waals surface area (Å²) in [5.41, 5.74) is 0.731. The van der Waals surface area contributed by atoms with E-state index in [1.807, 2.05) is 24.3 Å². The van der Waals surface area contributed by atoms with Crippen LogP contribution in [0.1, 0.15) is 33.1 Å². The summed E-state index contributed by atoms with van der Waals surface area (Å²) < 4.78 is 1.70. The Morgan fingerprint density at radius 3 is 2.86 bits per heavy atom. The number of fused-ring (bicyclic) bond motifs is 1. The molecule has 0 aliphatic carbocycles. The van der Waals surface area contributed by atoms with Gasteiger partial charge in [-0.05, 0) is 25.0 Å². The number of aliphatic hydroxyl groups excluding tert-OH is 1. The fourth-order valence-corrected chi connectivity index (χ4v) is 3.47. The average molecular weight is 306 g/mol. The maximum atomic E-state index is 12.6. The molecule has 4 nitrogen and oxygen atoms in total. The first-order valence-corrected chi connectivity index (χ1v) is 8.32. The molecule has 0 spiro atoms. The van der Waals surface area contributed by atoms with Crippen LogP contribution >= 0.6 is 11.8 Å². The SMILES string of the molecule is CCCC(C)Sc1nc2ccccc2c(=O)n1CCCO. The van der Waals surface area contributed by atoms with E-state index in [9.17, 15) is 4.79 Å². The lowest BCUT2D eigenvalue weighted by atomic mass is 10.2. The summed E-state index contributed by atoms with van der Waals surface area (Å²) in [7, 11) is 0. The summed E-state index contributed by atoms with van der Waals surface area (Å²) in [4.78, 5) is 17.3. The van der Waals surface area contributed by atoms with Crippen molar-refractivity contribution in [2.45, 2.75) is 50.1 Å². The highest BCUT2D eigenvalue weighted by atomic mass is 32.2. The maximum Gasteiger partial charge on any atom is 0.262 e. The van der Waals surface area contributed by atoms with Gasteiger partial charge in [0.25, 0.3) is 5.56 Å². The Morgan fingerprint density at radius 2 is 2.14 bits per heavy atom. The Kier molecular flexibility index (Phi) is 5.82. The molecular weight excluding hydrogens is 284 g/mol. The van der Waals surface area contributed by atoms with Crippen LogP contribution in [0, 0.1) is 0 Å². The molecule has 2 rings (SSSR count). The quantitative estimate of drug-likeness (QED) is 0.631. The number of benzene rings is 1. The lowest BCUT2D eigenvalue weighted by Crippen LogP contribution is -2.24. The molecule has 1 aromatic heterocycles. The van der Waals surface area contributed by atoms with Crippen molar-refractivity contribution in [1.82, 2.24) is 9.55 Å². The molecule has 1 atom stereocenters. The van der Waals surface area contributed by atoms with Gasteiger partial charge in [-0.1, -0.05) is 44.2 Å². The van der Waals surface area contributed by atoms with E-state index in [0.717, 1.165) is 23.5 Å². The van der Waals surface area contributed by atoms with Crippen molar-refractivity contribution in [3.63, 3.8) is 0 Å². The summed E-state index contributed by atoms with van der Waals surface area (Å²) in [6.07, 6.45) is 2.77. The second-order valence-corrected chi connectivity index (χ2v) is 6.57. The topological polar surface area (TPSA) is 55.1 Å². The van der Waals surface area contributed by atoms with Crippen LogP contribution in [-0.2, 0) is 6.54 Å². The first-order valence-electron chi connectivity index (χ1n) is 7.44. The van der Waals surface area contributed by atoms with E-state index >= 15 is 0 Å². The van der Waals surface area contributed by atoms with Crippen molar-refractivity contribution in [1.29, 1.82) is 0 Å². The van der Waals surface area contributed by atoms with Gasteiger partial charge in [0.05, 0.1) is 10.9 Å². The molecule has 2 aromatic rings. The Labute approximate surface area is 129 Å². The van der Waals surface area contributed by atoms with Crippen molar-refractivity contribution in [3.8, 4) is 0 Å². The van der Waals surface area contributed by atoms with Crippen LogP contribution in [0.25, 0.3) is 10.9 Å². The second kappa shape index (κ2) is 7.61. The van der Waals surface area contributed by atoms with Gasteiger partial charge in [-0.25, -0.2) is 4.98 Å². The van der Waals surface area contributed by atoms with Gasteiger partial charge in [-0.15, -0.1) is 0 Å². The molecule has 0 saturated carbocycles. The minimum Gasteiger partial charge on any atom is -0.396 e. The Bertz CT molecular complexity index is 654. The molecule has 114 valence electrons. The van der Waals surface area contributed by atoms with Crippen LogP contribution in [0.3, 0.4) is 0 Å². The molecule has 5 heteroatoms. The van der Waals surface area contributed by atoms with Gasteiger partial charge < -0.3 is 5.11 Å². The third-order valence-corrected chi connectivity index (χ3v) is 4.53. The summed E-state index contributed by atoms with van der Waals surface area (Å²) in [6, 6.07) is 7.44. The van der Waals surface area contributed by atoms with Gasteiger partial charge in [0, 0.05) is 18.4 Å². The summed E-state index contributed by atoms with van der Waals surface area (Å²) in [5, 5.41) is 10.9. The van der Waals surface area contributed by atoms with E-state index in [1.54, 1.807) is 16.3 Å². The summed E-state index contributed by atoms with van der Waals surface area (Å²) in [5.74, 6) is 0. The van der Waals surface area contributed by atoms with Crippen molar-refractivity contribution in [2.24, 2.45) is 0 Å². The average Bonchev–Trinajstić information content (AvgIpc) is 2.47. The fraction of sp³-hybridized carbons (Fsp3) is 0.500. The number of rotatable bonds is 7. The zero-order valence-corrected chi connectivity index (χ0v) is 13.4. The van der Waals surface area contributed by atoms with Crippen molar-refractivity contribution >= 4 is 22.7 Å². The predicted octanol–water partition coefficient (Wildman–Crippen LogP) is 3.06. The standard InChI is InChI=1S/C16H22N2O2S/c1-3-7-12(2)21-16-17-14-9-5-4-8-13(14)15(20)18(16)10-6-11-19/h4-5,8-9,12,19H,3,6-7,10-11H2,1-2H3. The second-order valence-electron chi connectivity index (χ2n) is 5.16. The third-order valence-electron chi connectivity index (χ3n) is 3.37. The molecule has 0 fully saturated rings. The van der Waals surface area contributed by atoms with Crippen LogP contribution in [0.2, 0.25) is 0 Å². The zero-order valence-electron chi connectivity index (χ0n) is 12.6. The summed E-state index contributed by atoms with van der Waals surface area (Å²) in [6.45, 7) is 4.90. The van der Waals surface area contributed by atoms with Crippen LogP contribution in [0.4, 0.5) is 0 Å². The van der Waals surface area contributed by atoms with E-state index in [4.69, 9.17) is 5.11 Å². The predicted molar refractivity (Wildman–Crippen MR) is 87.9 cm³/mol. The van der Waals surface area contributed by atoms with Crippen LogP contribution in [0.15, 0.2) is 34.2 Å². The monoisotopic (exact) mass is 306 g/mol. The van der Waals surface area contributed by atoms with Gasteiger partial charge in [0.1, 0.15) is 0 Å². The number of hydrogen-bond donors (Lipinski definition) is 1. The number of para-hydroxylation sites is 1. The van der Waals surface area contributed by atoms with Crippen LogP contribution in [-0.4, -0.2) is 26.5 Å². The minimum absolute atomic E-state index is 0.0137. The van der Waals surface area contributed by atoms with Crippen LogP contribution in [0.5, 0.6) is 0 Å². The summed E-state index contributed by atoms with van der Waals surface area (Å²) >= 11 is 1.64. The van der Waals surface area contributed by atoms with Gasteiger partial charge in [-0.2, -0.15) is 0 Å². The Balaban J connectivity index is 2.47. The minimum atomic E-state index is -0.0137. The van der Waals surface area contributed by atoms with Gasteiger partial charge >= 0.3 is 0 Å². The molecule has 0 saturated heterocycles. The van der Waals surface area contributed by atoms with E-state index in [0.29, 0.717) is 23.6 Å². The lowest BCUT2D eigenvalue weighted by Gasteiger charge is -2.15. The zero-order chi connectivity index (χ0) is 15.2. The first kappa shape index (κ1) is 16.0. The molecule has 0 bridgehead atoms. The molecule has 1 unspecified atom stereocenters. The maximum absolute atomic E-state index is 12.6. The van der Waals surface area contributed by atoms with Crippen molar-refractivity contribution in [3.05, 3.63) is 34.6 Å². The molecule has 0 aliphatic heterocycles. The highest BCUT2D eigenvalue weighted by Gasteiger charge is 2.13. The molecule has 0 aliphatic rings. The highest BCUT2D eigenvalue weighted by molar-refractivity contribution is 7.99. The van der Waals surface area contributed by atoms with E-state index in [-0.39, 0.29) is 12.2 Å². The highest BCUT2D eigenvalue weighted by Crippen LogP contribution is 2.25. The molecular formula is C16H22N2O2S. The van der Waals surface area contributed by atoms with E-state index < -0.39 is 0 Å². The van der Waals surface area contributed by atoms with Gasteiger partial charge in [0.15, 0.2) is 5.16 Å². The smallest absolute Gasteiger partial charge is 0.262 e.